The van der Waals surface area contributed by atoms with Gasteiger partial charge in [-0.2, -0.15) is 0 Å². The van der Waals surface area contributed by atoms with Gasteiger partial charge in [-0.05, 0) is 151 Å². The van der Waals surface area contributed by atoms with Crippen molar-refractivity contribution in [1.29, 1.82) is 0 Å². The molecule has 0 aliphatic carbocycles. The van der Waals surface area contributed by atoms with Crippen molar-refractivity contribution in [1.82, 2.24) is 0 Å². The van der Waals surface area contributed by atoms with Gasteiger partial charge in [-0.3, -0.25) is 4.79 Å². The summed E-state index contributed by atoms with van der Waals surface area (Å²) in [4.78, 5) is 15.5. The van der Waals surface area contributed by atoms with Crippen LogP contribution in [-0.4, -0.2) is 126 Å². The highest BCUT2D eigenvalue weighted by molar-refractivity contribution is 6.74. The standard InChI is InChI=1S/C65H111ClO13Si2/c1-25-41(7)44(10)57(69-38-47-30-32-48(68-22)33-31-47)58(79-81(27-3,28-4)29-5)46(12)61(67)72-51-37-52(60-50(26-2)73-64(18,19)77-60)71-59(51)53(78-80(23,24)62(13,14)15)35-40(6)34-42(8)55-45(11)56(76-65(20,21)75-55)43(9)36-49(66)54-39-70-63(16,17)74-54/h25-26,30-34,40-41,43-46,49-60H,1-2,27-29,35-39H2,3-24H3/b42-34+/t40-,41+,43+,44-,45+,46-,49-,50-,51+,52-,53-,54-,55-,56-,57+,58-,59+,60-/m0/s1. The first-order valence-electron chi connectivity index (χ1n) is 30.7. The number of ether oxygens (including phenoxy) is 10. The van der Waals surface area contributed by atoms with E-state index in [9.17, 15) is 0 Å². The molecule has 0 bridgehead atoms. The van der Waals surface area contributed by atoms with Gasteiger partial charge in [-0.1, -0.05) is 107 Å². The van der Waals surface area contributed by atoms with Crippen LogP contribution in [0.4, 0.5) is 0 Å². The Morgan fingerprint density at radius 1 is 0.840 bits per heavy atom. The summed E-state index contributed by atoms with van der Waals surface area (Å²) in [6.07, 6.45) is 2.77. The lowest BCUT2D eigenvalue weighted by Gasteiger charge is -2.48. The molecule has 4 saturated heterocycles. The molecule has 0 radical (unpaired) electrons. The fourth-order valence-electron chi connectivity index (χ4n) is 12.3. The molecule has 0 unspecified atom stereocenters. The third kappa shape index (κ3) is 18.1. The van der Waals surface area contributed by atoms with E-state index in [1.54, 1.807) is 13.2 Å². The molecule has 13 nitrogen and oxygen atoms in total. The lowest BCUT2D eigenvalue weighted by atomic mass is 9.81. The second-order valence-corrected chi connectivity index (χ2v) is 37.4. The van der Waals surface area contributed by atoms with Crippen molar-refractivity contribution in [3.05, 3.63) is 66.8 Å². The van der Waals surface area contributed by atoms with E-state index in [4.69, 9.17) is 67.8 Å². The van der Waals surface area contributed by atoms with Gasteiger partial charge < -0.3 is 56.2 Å². The van der Waals surface area contributed by atoms with E-state index in [1.807, 2.05) is 78.8 Å². The normalized spacial score (nSPS) is 30.4. The van der Waals surface area contributed by atoms with Crippen LogP contribution in [0.2, 0.25) is 36.3 Å². The molecule has 4 aliphatic heterocycles. The number of benzene rings is 1. The summed E-state index contributed by atoms with van der Waals surface area (Å²) < 4.78 is 80.5. The topological polar surface area (TPSA) is 128 Å². The van der Waals surface area contributed by atoms with Gasteiger partial charge in [-0.25, -0.2) is 0 Å². The predicted octanol–water partition coefficient (Wildman–Crippen LogP) is 15.1. The highest BCUT2D eigenvalue weighted by Gasteiger charge is 2.55. The van der Waals surface area contributed by atoms with Gasteiger partial charge in [0.15, 0.2) is 34.0 Å². The first-order valence-corrected chi connectivity index (χ1v) is 36.5. The van der Waals surface area contributed by atoms with Crippen LogP contribution in [0.3, 0.4) is 0 Å². The molecular formula is C65H111ClO13Si2. The number of rotatable bonds is 29. The molecule has 0 saturated carbocycles. The maximum atomic E-state index is 15.5. The minimum absolute atomic E-state index is 0.0127. The molecule has 4 aliphatic rings. The number of hydrogen-bond acceptors (Lipinski definition) is 13. The van der Waals surface area contributed by atoms with Crippen molar-refractivity contribution in [2.45, 2.75) is 284 Å². The van der Waals surface area contributed by atoms with Crippen molar-refractivity contribution in [3.63, 3.8) is 0 Å². The molecule has 4 fully saturated rings. The second-order valence-electron chi connectivity index (χ2n) is 27.4. The molecule has 16 heteroatoms. The summed E-state index contributed by atoms with van der Waals surface area (Å²) in [5.74, 6) is -2.59. The lowest BCUT2D eigenvalue weighted by molar-refractivity contribution is -0.319. The first-order chi connectivity index (χ1) is 37.6. The number of hydrogen-bond donors (Lipinski definition) is 0. The van der Waals surface area contributed by atoms with E-state index >= 15 is 4.79 Å². The van der Waals surface area contributed by atoms with Crippen LogP contribution in [0.1, 0.15) is 156 Å². The summed E-state index contributed by atoms with van der Waals surface area (Å²) >= 11 is 7.06. The molecule has 464 valence electrons. The van der Waals surface area contributed by atoms with E-state index in [0.717, 1.165) is 35.0 Å². The number of esters is 1. The smallest absolute Gasteiger partial charge is 0.311 e. The minimum atomic E-state index is -2.52. The van der Waals surface area contributed by atoms with Gasteiger partial charge in [-0.15, -0.1) is 24.8 Å². The van der Waals surface area contributed by atoms with Gasteiger partial charge in [0, 0.05) is 12.3 Å². The maximum absolute atomic E-state index is 15.5. The quantitative estimate of drug-likeness (QED) is 0.0327. The van der Waals surface area contributed by atoms with E-state index < -0.39 is 88.7 Å². The Labute approximate surface area is 498 Å². The maximum Gasteiger partial charge on any atom is 0.311 e. The number of methoxy groups -OCH3 is 1. The number of halogens is 1. The van der Waals surface area contributed by atoms with Gasteiger partial charge >= 0.3 is 5.97 Å². The van der Waals surface area contributed by atoms with E-state index in [0.29, 0.717) is 32.5 Å². The zero-order valence-electron chi connectivity index (χ0n) is 54.2. The van der Waals surface area contributed by atoms with Crippen molar-refractivity contribution < 1.29 is 61.0 Å². The molecule has 4 heterocycles. The Morgan fingerprint density at radius 2 is 1.46 bits per heavy atom. The highest BCUT2D eigenvalue weighted by Crippen LogP contribution is 2.45. The van der Waals surface area contributed by atoms with E-state index in [-0.39, 0.29) is 64.3 Å². The molecule has 0 amide bonds. The number of alkyl halides is 1. The molecule has 5 rings (SSSR count). The first kappa shape index (κ1) is 69.8. The van der Waals surface area contributed by atoms with Crippen LogP contribution in [0.15, 0.2) is 61.2 Å². The second kappa shape index (κ2) is 28.7. The largest absolute Gasteiger partial charge is 0.497 e. The average Bonchev–Trinajstić information content (AvgIpc) is 4.30. The van der Waals surface area contributed by atoms with Crippen LogP contribution in [0, 0.1) is 35.5 Å². The Balaban J connectivity index is 1.53. The van der Waals surface area contributed by atoms with Crippen LogP contribution in [-0.2, 0) is 62.9 Å². The Kier molecular flexibility index (Phi) is 24.7. The third-order valence-corrected chi connectivity index (χ3v) is 28.3. The van der Waals surface area contributed by atoms with Crippen molar-refractivity contribution in [3.8, 4) is 5.75 Å². The molecule has 0 spiro atoms. The summed E-state index contributed by atoms with van der Waals surface area (Å²) in [6, 6.07) is 10.6. The fourth-order valence-corrected chi connectivity index (χ4v) is 16.9. The molecule has 18 atom stereocenters. The molecule has 1 aromatic carbocycles. The van der Waals surface area contributed by atoms with Gasteiger partial charge in [0.05, 0.1) is 68.2 Å². The van der Waals surface area contributed by atoms with Crippen molar-refractivity contribution in [2.75, 3.05) is 13.7 Å². The summed E-state index contributed by atoms with van der Waals surface area (Å²) in [7, 11) is -3.22. The van der Waals surface area contributed by atoms with Gasteiger partial charge in [0.2, 0.25) is 0 Å². The Bertz CT molecular complexity index is 2180. The third-order valence-electron chi connectivity index (χ3n) is 18.7. The monoisotopic (exact) mass is 1190 g/mol. The van der Waals surface area contributed by atoms with Crippen molar-refractivity contribution in [2.24, 2.45) is 35.5 Å². The van der Waals surface area contributed by atoms with E-state index in [2.05, 4.69) is 115 Å². The summed E-state index contributed by atoms with van der Waals surface area (Å²) in [5.41, 5.74) is 2.10. The number of carbonyl (C=O) groups is 1. The number of carbonyl (C=O) groups excluding carboxylic acids is 1. The van der Waals surface area contributed by atoms with Crippen LogP contribution >= 0.6 is 11.6 Å². The van der Waals surface area contributed by atoms with Crippen LogP contribution in [0.5, 0.6) is 5.75 Å². The zero-order chi connectivity index (χ0) is 60.8. The average molecular weight is 1190 g/mol. The SMILES string of the molecule is C=C[C@@H](C)[C@H](C)[C@@H](OCc1ccc(OC)cc1)[C@@H](O[Si](CC)(CC)CC)[C@H](C)C(=O)O[C@@H]1C[C@@H]([C@H]2OC(C)(C)O[C@H]2C=C)O[C@H]1[C@H](C[C@@H](C)/C=C(\C)[C@@H]1OC(C)(C)O[C@@H]([C@H](C)C[C@H](Cl)[C@@H]2COC(C)(C)O2)[C@@H]1C)O[Si](C)(C)C(C)(C)C. The minimum Gasteiger partial charge on any atom is -0.497 e. The highest BCUT2D eigenvalue weighted by atomic mass is 35.5. The summed E-state index contributed by atoms with van der Waals surface area (Å²) in [6.45, 7) is 53.8. The predicted molar refractivity (Wildman–Crippen MR) is 329 cm³/mol. The van der Waals surface area contributed by atoms with Gasteiger partial charge in [0.1, 0.15) is 36.3 Å². The molecule has 0 N–H and O–H groups in total. The summed E-state index contributed by atoms with van der Waals surface area (Å²) in [5, 5.41) is -0.381. The zero-order valence-corrected chi connectivity index (χ0v) is 56.9. The molecule has 1 aromatic rings. The molecule has 81 heavy (non-hydrogen) atoms. The molecule has 0 aromatic heterocycles. The fraction of sp³-hybridized carbons (Fsp3) is 0.800. The van der Waals surface area contributed by atoms with E-state index in [1.165, 1.54) is 0 Å². The molecular weight excluding hydrogens is 1080 g/mol. The number of allylic oxidation sites excluding steroid dienone is 2. The lowest BCUT2D eigenvalue weighted by Crippen LogP contribution is -2.53. The van der Waals surface area contributed by atoms with Crippen LogP contribution in [0.25, 0.3) is 0 Å². The van der Waals surface area contributed by atoms with Crippen LogP contribution < -0.4 is 4.74 Å². The van der Waals surface area contributed by atoms with Crippen molar-refractivity contribution >= 4 is 34.2 Å². The Morgan fingerprint density at radius 3 is 2.00 bits per heavy atom. The Hall–Kier alpha value is -1.97. The van der Waals surface area contributed by atoms with Gasteiger partial charge in [0.25, 0.3) is 0 Å².